The molecule has 0 spiro atoms. The summed E-state index contributed by atoms with van der Waals surface area (Å²) in [5, 5.41) is 18.8. The minimum absolute atomic E-state index is 0.171. The summed E-state index contributed by atoms with van der Waals surface area (Å²) >= 11 is 7.83. The number of nitrogens with one attached hydrogen (secondary N) is 3. The van der Waals surface area contributed by atoms with Gasteiger partial charge in [0.1, 0.15) is 42.4 Å². The van der Waals surface area contributed by atoms with E-state index in [1.165, 1.54) is 0 Å². The van der Waals surface area contributed by atoms with Gasteiger partial charge in [0.15, 0.2) is 0 Å². The molecule has 4 amide bonds. The molecule has 1 saturated carbocycles. The lowest BCUT2D eigenvalue weighted by atomic mass is 9.49. The number of aryl methyl sites for hydroxylation is 1. The molecule has 0 bridgehead atoms. The van der Waals surface area contributed by atoms with Crippen molar-refractivity contribution in [3.05, 3.63) is 99.6 Å². The van der Waals surface area contributed by atoms with Crippen LogP contribution in [0.15, 0.2) is 72.2 Å². The molecule has 13 nitrogen and oxygen atoms in total. The van der Waals surface area contributed by atoms with E-state index >= 15 is 0 Å². The van der Waals surface area contributed by atoms with Crippen molar-refractivity contribution in [1.29, 1.82) is 5.26 Å². The molecule has 1 aliphatic carbocycles. The number of ether oxygens (including phenoxy) is 3. The third-order valence-corrected chi connectivity index (χ3v) is 14.1. The number of likely N-dealkylation sites (tertiary alicyclic amines) is 1. The normalized spacial score (nSPS) is 19.4. The fourth-order valence-corrected chi connectivity index (χ4v) is 10.4. The second kappa shape index (κ2) is 21.0. The van der Waals surface area contributed by atoms with E-state index in [1.54, 1.807) is 58.7 Å². The fraction of sp³-hybridized carbons (Fsp3) is 0.490. The Hall–Kier alpha value is -5.49. The lowest BCUT2D eigenvalue weighted by molar-refractivity contribution is -0.164. The Morgan fingerprint density at radius 2 is 1.62 bits per heavy atom. The van der Waals surface area contributed by atoms with Crippen molar-refractivity contribution in [3.8, 4) is 28.0 Å². The summed E-state index contributed by atoms with van der Waals surface area (Å²) < 4.78 is 17.9. The summed E-state index contributed by atoms with van der Waals surface area (Å²) in [4.78, 5) is 61.1. The van der Waals surface area contributed by atoms with Crippen LogP contribution in [0.4, 0.5) is 0 Å². The van der Waals surface area contributed by atoms with Crippen molar-refractivity contribution in [2.45, 2.75) is 118 Å². The third kappa shape index (κ3) is 11.5. The minimum atomic E-state index is -0.849. The first-order chi connectivity index (χ1) is 31.2. The van der Waals surface area contributed by atoms with Gasteiger partial charge in [0, 0.05) is 41.7 Å². The third-order valence-electron chi connectivity index (χ3n) is 12.8. The van der Waals surface area contributed by atoms with E-state index in [1.807, 2.05) is 64.4 Å². The highest BCUT2D eigenvalue weighted by molar-refractivity contribution is 7.13. The maximum atomic E-state index is 14.0. The Balaban J connectivity index is 0.894. The minimum Gasteiger partial charge on any atom is -0.494 e. The Labute approximate surface area is 397 Å². The average Bonchev–Trinajstić information content (AvgIpc) is 3.95. The van der Waals surface area contributed by atoms with Crippen LogP contribution in [0.25, 0.3) is 10.4 Å². The summed E-state index contributed by atoms with van der Waals surface area (Å²) in [7, 11) is 0. The van der Waals surface area contributed by atoms with Gasteiger partial charge in [0.2, 0.25) is 17.7 Å². The maximum Gasteiger partial charge on any atom is 0.251 e. The second-order valence-corrected chi connectivity index (χ2v) is 20.9. The number of aromatic nitrogens is 1. The van der Waals surface area contributed by atoms with Gasteiger partial charge in [-0.25, -0.2) is 4.98 Å². The van der Waals surface area contributed by atoms with Gasteiger partial charge in [-0.3, -0.25) is 19.2 Å². The van der Waals surface area contributed by atoms with E-state index in [4.69, 9.17) is 25.8 Å². The highest BCUT2D eigenvalue weighted by Crippen LogP contribution is 2.55. The summed E-state index contributed by atoms with van der Waals surface area (Å²) in [5.74, 6) is 0.110. The van der Waals surface area contributed by atoms with Crippen molar-refractivity contribution in [3.63, 3.8) is 0 Å². The van der Waals surface area contributed by atoms with Gasteiger partial charge in [0.05, 0.1) is 39.3 Å². The van der Waals surface area contributed by atoms with Gasteiger partial charge in [-0.2, -0.15) is 5.26 Å². The molecule has 0 radical (unpaired) electrons. The first kappa shape index (κ1) is 49.9. The van der Waals surface area contributed by atoms with Crippen molar-refractivity contribution in [1.82, 2.24) is 25.8 Å². The van der Waals surface area contributed by atoms with Gasteiger partial charge in [-0.15, -0.1) is 11.3 Å². The molecule has 0 unspecified atom stereocenters. The monoisotopic (exact) mass is 938 g/mol. The Bertz CT molecular complexity index is 2390. The predicted octanol–water partition coefficient (Wildman–Crippen LogP) is 8.83. The topological polar surface area (TPSA) is 172 Å². The van der Waals surface area contributed by atoms with Gasteiger partial charge in [-0.1, -0.05) is 84.3 Å². The summed E-state index contributed by atoms with van der Waals surface area (Å²) in [5.41, 5.74) is 4.35. The van der Waals surface area contributed by atoms with Crippen LogP contribution in [0.1, 0.15) is 114 Å². The van der Waals surface area contributed by atoms with Gasteiger partial charge in [-0.05, 0) is 92.5 Å². The summed E-state index contributed by atoms with van der Waals surface area (Å²) in [6.07, 6.45) is 2.34. The molecule has 1 aliphatic heterocycles. The SMILES string of the molecule is Cc1ncsc1-c1ccc([C@@H](C)NC(=O)[C@@H]2CCCN2C(=O)[C@@H](NC(=O)COCCCCOc2ccc(C(=O)NC3C(C)(C)C(Oc4ccc(C#N)c(Cl)c4)C3(C)C)cc2)C(C)(C)C)cc1. The molecular formula is C51H63ClN6O7S. The zero-order valence-electron chi connectivity index (χ0n) is 39.5. The number of nitrogens with zero attached hydrogens (tertiary/aromatic N) is 3. The Kier molecular flexibility index (Phi) is 15.9. The highest BCUT2D eigenvalue weighted by atomic mass is 35.5. The summed E-state index contributed by atoms with van der Waals surface area (Å²) in [6, 6.07) is 20.3. The molecule has 15 heteroatoms. The van der Waals surface area contributed by atoms with E-state index in [-0.39, 0.29) is 53.3 Å². The van der Waals surface area contributed by atoms with E-state index in [0.29, 0.717) is 73.1 Å². The quantitative estimate of drug-likeness (QED) is 0.0825. The lowest BCUT2D eigenvalue weighted by Gasteiger charge is -2.63. The first-order valence-electron chi connectivity index (χ1n) is 22.6. The van der Waals surface area contributed by atoms with Crippen LogP contribution in [0, 0.1) is 34.5 Å². The Morgan fingerprint density at radius 1 is 0.955 bits per heavy atom. The maximum absolute atomic E-state index is 14.0. The molecule has 4 aromatic rings. The number of carbonyl (C=O) groups is 4. The molecule has 1 saturated heterocycles. The number of rotatable bonds is 18. The Morgan fingerprint density at radius 3 is 2.24 bits per heavy atom. The number of unbranched alkanes of at least 4 members (excludes halogenated alkanes) is 1. The van der Waals surface area contributed by atoms with Gasteiger partial charge < -0.3 is 35.1 Å². The predicted molar refractivity (Wildman–Crippen MR) is 256 cm³/mol. The fourth-order valence-electron chi connectivity index (χ4n) is 9.39. The standard InChI is InChI=1S/C51H63ClN6O7S/c1-31(33-14-16-34(17-15-33)42-32(2)54-30-66-42)55-45(61)40-13-12-24-58(40)46(62)43(49(3,4)5)56-41(59)29-63-25-10-11-26-64-37-21-18-35(19-22-37)44(60)57-47-50(6,7)48(51(47,8)9)65-38-23-20-36(28-53)39(52)27-38/h14-23,27,30-31,40,43,47-48H,10-13,24-26,29H2,1-9H3,(H,55,61)(H,56,59)(H,57,60)/t31-,40+,43-,47?,48?/m1/s1. The molecule has 3 atom stereocenters. The molecular weight excluding hydrogens is 876 g/mol. The van der Waals surface area contributed by atoms with Crippen LogP contribution in [-0.2, 0) is 19.1 Å². The second-order valence-electron chi connectivity index (χ2n) is 19.6. The molecule has 2 fully saturated rings. The van der Waals surface area contributed by atoms with Crippen LogP contribution in [0.2, 0.25) is 5.02 Å². The number of halogens is 1. The van der Waals surface area contributed by atoms with E-state index in [2.05, 4.69) is 54.7 Å². The average molecular weight is 940 g/mol. The van der Waals surface area contributed by atoms with E-state index < -0.39 is 23.4 Å². The molecule has 352 valence electrons. The molecule has 2 heterocycles. The molecule has 6 rings (SSSR count). The van der Waals surface area contributed by atoms with Crippen LogP contribution < -0.4 is 25.4 Å². The molecule has 3 aromatic carbocycles. The summed E-state index contributed by atoms with van der Waals surface area (Å²) in [6.45, 7) is 18.8. The molecule has 2 aliphatic rings. The van der Waals surface area contributed by atoms with Gasteiger partial charge >= 0.3 is 0 Å². The van der Waals surface area contributed by atoms with Crippen molar-refractivity contribution >= 4 is 46.6 Å². The van der Waals surface area contributed by atoms with Crippen LogP contribution in [0.5, 0.6) is 11.5 Å². The van der Waals surface area contributed by atoms with Crippen molar-refractivity contribution < 1.29 is 33.4 Å². The lowest BCUT2D eigenvalue weighted by Crippen LogP contribution is -2.74. The number of benzene rings is 3. The van der Waals surface area contributed by atoms with Crippen LogP contribution in [0.3, 0.4) is 0 Å². The van der Waals surface area contributed by atoms with Crippen LogP contribution >= 0.6 is 22.9 Å². The smallest absolute Gasteiger partial charge is 0.251 e. The van der Waals surface area contributed by atoms with Crippen molar-refractivity contribution in [2.24, 2.45) is 16.2 Å². The van der Waals surface area contributed by atoms with Crippen LogP contribution in [-0.4, -0.2) is 84.1 Å². The zero-order valence-corrected chi connectivity index (χ0v) is 41.0. The molecule has 3 N–H and O–H groups in total. The number of amides is 4. The molecule has 1 aromatic heterocycles. The highest BCUT2D eigenvalue weighted by Gasteiger charge is 2.64. The largest absolute Gasteiger partial charge is 0.494 e. The molecule has 66 heavy (non-hydrogen) atoms. The van der Waals surface area contributed by atoms with Crippen molar-refractivity contribution in [2.75, 3.05) is 26.4 Å². The number of hydrogen-bond acceptors (Lipinski definition) is 10. The van der Waals surface area contributed by atoms with E-state index in [0.717, 1.165) is 21.7 Å². The van der Waals surface area contributed by atoms with Gasteiger partial charge in [0.25, 0.3) is 5.91 Å². The number of hydrogen-bond donors (Lipinski definition) is 3. The number of nitriles is 1. The zero-order chi connectivity index (χ0) is 48.0. The number of carbonyl (C=O) groups excluding carboxylic acids is 4. The first-order valence-corrected chi connectivity index (χ1v) is 23.9. The van der Waals surface area contributed by atoms with E-state index in [9.17, 15) is 24.4 Å². The number of thiazole rings is 1.